The molecule has 0 spiro atoms. The van der Waals surface area contributed by atoms with Crippen LogP contribution >= 0.6 is 15.9 Å². The van der Waals surface area contributed by atoms with Gasteiger partial charge in [0.1, 0.15) is 17.3 Å². The molecule has 174 valence electrons. The summed E-state index contributed by atoms with van der Waals surface area (Å²) in [5.74, 6) is -3.16. The zero-order valence-electron chi connectivity index (χ0n) is 17.1. The van der Waals surface area contributed by atoms with Gasteiger partial charge in [-0.05, 0) is 42.0 Å². The van der Waals surface area contributed by atoms with Gasteiger partial charge in [-0.3, -0.25) is 14.5 Å². The fourth-order valence-corrected chi connectivity index (χ4v) is 3.93. The van der Waals surface area contributed by atoms with Crippen molar-refractivity contribution < 1.29 is 37.7 Å². The van der Waals surface area contributed by atoms with Crippen LogP contribution in [0.4, 0.5) is 18.9 Å². The Hall–Kier alpha value is -3.79. The average Bonchev–Trinajstić information content (AvgIpc) is 3.04. The van der Waals surface area contributed by atoms with Crippen LogP contribution in [0.1, 0.15) is 17.2 Å². The van der Waals surface area contributed by atoms with Crippen molar-refractivity contribution in [1.82, 2.24) is 0 Å². The first kappa shape index (κ1) is 23.4. The van der Waals surface area contributed by atoms with Gasteiger partial charge in [0.15, 0.2) is 0 Å². The van der Waals surface area contributed by atoms with E-state index < -0.39 is 35.6 Å². The first-order chi connectivity index (χ1) is 16.0. The molecule has 34 heavy (non-hydrogen) atoms. The van der Waals surface area contributed by atoms with E-state index in [1.165, 1.54) is 36.4 Å². The number of carbonyl (C=O) groups excluding carboxylic acids is 2. The van der Waals surface area contributed by atoms with Crippen molar-refractivity contribution in [2.24, 2.45) is 0 Å². The smallest absolute Gasteiger partial charge is 0.508 e. The number of halogens is 4. The van der Waals surface area contributed by atoms with Crippen molar-refractivity contribution in [2.45, 2.75) is 12.4 Å². The van der Waals surface area contributed by atoms with Crippen molar-refractivity contribution in [3.05, 3.63) is 94.0 Å². The summed E-state index contributed by atoms with van der Waals surface area (Å²) in [5.41, 5.74) is 0.314. The van der Waals surface area contributed by atoms with E-state index in [0.29, 0.717) is 5.56 Å². The molecule has 1 atom stereocenters. The Balaban J connectivity index is 1.89. The van der Waals surface area contributed by atoms with E-state index in [4.69, 9.17) is 0 Å². The predicted octanol–water partition coefficient (Wildman–Crippen LogP) is 5.68. The number of carbonyl (C=O) groups is 2. The van der Waals surface area contributed by atoms with E-state index in [2.05, 4.69) is 20.7 Å². The third-order valence-electron chi connectivity index (χ3n) is 5.10. The van der Waals surface area contributed by atoms with Gasteiger partial charge in [0.05, 0.1) is 11.6 Å². The number of phenolic OH excluding ortho intramolecular Hbond substituents is 1. The highest BCUT2D eigenvalue weighted by Crippen LogP contribution is 2.43. The maximum absolute atomic E-state index is 13.1. The number of hydrogen-bond donors (Lipinski definition) is 2. The lowest BCUT2D eigenvalue weighted by molar-refractivity contribution is -0.274. The SMILES string of the molecule is O=C1C(=O)N(c2cccc(OC(F)(F)F)c2)C(c2ccc(O)cc2)/C1=C(\O)c1ccc(Br)cc1. The molecule has 0 bridgehead atoms. The Morgan fingerprint density at radius 2 is 1.62 bits per heavy atom. The lowest BCUT2D eigenvalue weighted by atomic mass is 9.95. The quantitative estimate of drug-likeness (QED) is 0.256. The number of ketones is 1. The van der Waals surface area contributed by atoms with Crippen LogP contribution in [-0.4, -0.2) is 28.3 Å². The molecule has 1 amide bonds. The molecule has 1 aliphatic heterocycles. The zero-order valence-corrected chi connectivity index (χ0v) is 18.7. The van der Waals surface area contributed by atoms with Crippen LogP contribution in [0.15, 0.2) is 82.8 Å². The highest BCUT2D eigenvalue weighted by atomic mass is 79.9. The van der Waals surface area contributed by atoms with E-state index in [-0.39, 0.29) is 22.6 Å². The largest absolute Gasteiger partial charge is 0.573 e. The molecule has 1 fully saturated rings. The Kier molecular flexibility index (Phi) is 6.09. The van der Waals surface area contributed by atoms with Crippen LogP contribution < -0.4 is 9.64 Å². The van der Waals surface area contributed by atoms with E-state index in [1.54, 1.807) is 24.3 Å². The molecule has 1 aliphatic rings. The van der Waals surface area contributed by atoms with Gasteiger partial charge in [0, 0.05) is 21.8 Å². The summed E-state index contributed by atoms with van der Waals surface area (Å²) in [4.78, 5) is 27.1. The molecule has 3 aromatic rings. The predicted molar refractivity (Wildman–Crippen MR) is 120 cm³/mol. The first-order valence-corrected chi connectivity index (χ1v) is 10.6. The summed E-state index contributed by atoms with van der Waals surface area (Å²) in [6.07, 6.45) is -4.95. The highest BCUT2D eigenvalue weighted by Gasteiger charge is 2.47. The minimum atomic E-state index is -4.95. The van der Waals surface area contributed by atoms with E-state index in [9.17, 15) is 33.0 Å². The Morgan fingerprint density at radius 1 is 0.971 bits per heavy atom. The van der Waals surface area contributed by atoms with Crippen molar-refractivity contribution >= 4 is 39.1 Å². The van der Waals surface area contributed by atoms with Crippen LogP contribution in [0, 0.1) is 0 Å². The van der Waals surface area contributed by atoms with Crippen molar-refractivity contribution in [2.75, 3.05) is 4.90 Å². The standard InChI is InChI=1S/C24H15BrF3NO5/c25-15-8-4-14(5-9-15)21(31)19-20(13-6-10-17(30)11-7-13)29(23(33)22(19)32)16-2-1-3-18(12-16)34-24(26,27)28/h1-12,20,30-31H/b21-19+. The second kappa shape index (κ2) is 8.86. The van der Waals surface area contributed by atoms with Gasteiger partial charge >= 0.3 is 6.36 Å². The number of aromatic hydroxyl groups is 1. The molecule has 0 radical (unpaired) electrons. The van der Waals surface area contributed by atoms with Gasteiger partial charge in [-0.25, -0.2) is 0 Å². The summed E-state index contributed by atoms with van der Waals surface area (Å²) in [6.45, 7) is 0. The second-order valence-corrected chi connectivity index (χ2v) is 8.23. The molecule has 6 nitrogen and oxygen atoms in total. The molecule has 2 N–H and O–H groups in total. The number of aliphatic hydroxyl groups is 1. The van der Waals surface area contributed by atoms with Gasteiger partial charge in [0.2, 0.25) is 0 Å². The van der Waals surface area contributed by atoms with Gasteiger partial charge in [-0.15, -0.1) is 13.2 Å². The molecule has 0 saturated carbocycles. The number of Topliss-reactive ketones (excluding diaryl/α,β-unsaturated/α-hetero) is 1. The van der Waals surface area contributed by atoms with Crippen LogP contribution in [0.25, 0.3) is 5.76 Å². The number of rotatable bonds is 4. The Labute approximate surface area is 199 Å². The molecular formula is C24H15BrF3NO5. The Morgan fingerprint density at radius 3 is 2.24 bits per heavy atom. The summed E-state index contributed by atoms with van der Waals surface area (Å²) in [6, 6.07) is 15.4. The maximum atomic E-state index is 13.1. The van der Waals surface area contributed by atoms with Crippen molar-refractivity contribution in [1.29, 1.82) is 0 Å². The highest BCUT2D eigenvalue weighted by molar-refractivity contribution is 9.10. The van der Waals surface area contributed by atoms with Crippen LogP contribution in [-0.2, 0) is 9.59 Å². The van der Waals surface area contributed by atoms with Gasteiger partial charge < -0.3 is 14.9 Å². The molecule has 4 rings (SSSR count). The zero-order chi connectivity index (χ0) is 24.6. The van der Waals surface area contributed by atoms with Crippen LogP contribution in [0.5, 0.6) is 11.5 Å². The summed E-state index contributed by atoms with van der Waals surface area (Å²) < 4.78 is 42.9. The summed E-state index contributed by atoms with van der Waals surface area (Å²) in [7, 11) is 0. The average molecular weight is 534 g/mol. The number of benzene rings is 3. The molecule has 10 heteroatoms. The lowest BCUT2D eigenvalue weighted by Crippen LogP contribution is -2.29. The number of aliphatic hydroxyl groups excluding tert-OH is 1. The minimum absolute atomic E-state index is 0.0446. The maximum Gasteiger partial charge on any atom is 0.573 e. The normalized spacial score (nSPS) is 17.8. The number of ether oxygens (including phenoxy) is 1. The van der Waals surface area contributed by atoms with Gasteiger partial charge in [-0.2, -0.15) is 0 Å². The number of anilines is 1. The molecular weight excluding hydrogens is 519 g/mol. The number of nitrogens with zero attached hydrogens (tertiary/aromatic N) is 1. The second-order valence-electron chi connectivity index (χ2n) is 7.31. The fourth-order valence-electron chi connectivity index (χ4n) is 3.66. The van der Waals surface area contributed by atoms with Gasteiger partial charge in [0.25, 0.3) is 11.7 Å². The number of alkyl halides is 3. The van der Waals surface area contributed by atoms with E-state index in [1.807, 2.05) is 0 Å². The number of amides is 1. The molecule has 3 aromatic carbocycles. The monoisotopic (exact) mass is 533 g/mol. The fraction of sp³-hybridized carbons (Fsp3) is 0.0833. The lowest BCUT2D eigenvalue weighted by Gasteiger charge is -2.26. The molecule has 1 heterocycles. The first-order valence-electron chi connectivity index (χ1n) is 9.77. The topological polar surface area (TPSA) is 87.1 Å². The summed E-state index contributed by atoms with van der Waals surface area (Å²) in [5, 5.41) is 20.7. The number of phenols is 1. The van der Waals surface area contributed by atoms with Crippen LogP contribution in [0.2, 0.25) is 0 Å². The summed E-state index contributed by atoms with van der Waals surface area (Å²) >= 11 is 3.28. The molecule has 1 saturated heterocycles. The van der Waals surface area contributed by atoms with Gasteiger partial charge in [-0.1, -0.05) is 46.3 Å². The molecule has 0 aliphatic carbocycles. The van der Waals surface area contributed by atoms with Crippen molar-refractivity contribution in [3.63, 3.8) is 0 Å². The minimum Gasteiger partial charge on any atom is -0.508 e. The number of hydrogen-bond acceptors (Lipinski definition) is 5. The molecule has 0 aromatic heterocycles. The van der Waals surface area contributed by atoms with Crippen LogP contribution in [0.3, 0.4) is 0 Å². The third kappa shape index (κ3) is 4.62. The Bertz CT molecular complexity index is 1290. The molecule has 1 unspecified atom stereocenters. The van der Waals surface area contributed by atoms with E-state index >= 15 is 0 Å². The van der Waals surface area contributed by atoms with E-state index in [0.717, 1.165) is 21.5 Å². The van der Waals surface area contributed by atoms with Crippen molar-refractivity contribution in [3.8, 4) is 11.5 Å². The third-order valence-corrected chi connectivity index (χ3v) is 5.63.